The van der Waals surface area contributed by atoms with E-state index < -0.39 is 4.92 Å². The summed E-state index contributed by atoms with van der Waals surface area (Å²) in [5.41, 5.74) is 1.81. The van der Waals surface area contributed by atoms with Crippen molar-refractivity contribution in [2.75, 3.05) is 43.4 Å². The lowest BCUT2D eigenvalue weighted by Gasteiger charge is -2.34. The predicted molar refractivity (Wildman–Crippen MR) is 117 cm³/mol. The molecule has 7 nitrogen and oxygen atoms in total. The molecule has 2 aromatic carbocycles. The molecule has 1 aliphatic rings. The van der Waals surface area contributed by atoms with Gasteiger partial charge >= 0.3 is 0 Å². The highest BCUT2D eigenvalue weighted by Crippen LogP contribution is 2.30. The average molecular weight is 435 g/mol. The molecular formula is C20H20Cl2N4O3. The number of rotatable bonds is 5. The summed E-state index contributed by atoms with van der Waals surface area (Å²) in [5, 5.41) is 14.3. The van der Waals surface area contributed by atoms with Crippen molar-refractivity contribution in [3.63, 3.8) is 0 Å². The minimum Gasteiger partial charge on any atom is -0.368 e. The van der Waals surface area contributed by atoms with Crippen LogP contribution in [0.5, 0.6) is 0 Å². The van der Waals surface area contributed by atoms with Crippen molar-refractivity contribution in [3.8, 4) is 0 Å². The average Bonchev–Trinajstić information content (AvgIpc) is 2.68. The number of benzene rings is 2. The molecule has 9 heteroatoms. The minimum atomic E-state index is -0.566. The SMILES string of the molecule is CN1CCN(c2ccc(NC(=O)/C=C/c3ccc(Cl)c([N+](=O)[O-])c3)cc2Cl)CC1. The maximum absolute atomic E-state index is 12.2. The van der Waals surface area contributed by atoms with Gasteiger partial charge in [0.15, 0.2) is 0 Å². The smallest absolute Gasteiger partial charge is 0.288 e. The number of nitrogens with zero attached hydrogens (tertiary/aromatic N) is 3. The van der Waals surface area contributed by atoms with E-state index in [2.05, 4.69) is 22.2 Å². The van der Waals surface area contributed by atoms with Crippen LogP contribution in [0.15, 0.2) is 42.5 Å². The van der Waals surface area contributed by atoms with Crippen molar-refractivity contribution < 1.29 is 9.72 Å². The Bertz CT molecular complexity index is 957. The maximum Gasteiger partial charge on any atom is 0.288 e. The number of anilines is 2. The first kappa shape index (κ1) is 21.1. The molecule has 2 aromatic rings. The molecule has 0 saturated carbocycles. The summed E-state index contributed by atoms with van der Waals surface area (Å²) in [6, 6.07) is 9.75. The second kappa shape index (κ2) is 9.26. The number of piperazine rings is 1. The molecule has 1 amide bonds. The molecule has 1 N–H and O–H groups in total. The van der Waals surface area contributed by atoms with Crippen LogP contribution in [0.3, 0.4) is 0 Å². The molecule has 3 rings (SSSR count). The van der Waals surface area contributed by atoms with Crippen LogP contribution in [0.2, 0.25) is 10.0 Å². The topological polar surface area (TPSA) is 78.7 Å². The second-order valence-corrected chi connectivity index (χ2v) is 7.56. The van der Waals surface area contributed by atoms with E-state index in [1.54, 1.807) is 18.2 Å². The maximum atomic E-state index is 12.2. The van der Waals surface area contributed by atoms with Crippen LogP contribution >= 0.6 is 23.2 Å². The number of nitro groups is 1. The van der Waals surface area contributed by atoms with Crippen molar-refractivity contribution in [1.29, 1.82) is 0 Å². The van der Waals surface area contributed by atoms with Crippen molar-refractivity contribution in [2.24, 2.45) is 0 Å². The first-order chi connectivity index (χ1) is 13.8. The van der Waals surface area contributed by atoms with Gasteiger partial charge < -0.3 is 15.1 Å². The predicted octanol–water partition coefficient (Wildman–Crippen LogP) is 4.31. The number of nitrogens with one attached hydrogen (secondary N) is 1. The Morgan fingerprint density at radius 3 is 2.48 bits per heavy atom. The number of carbonyl (C=O) groups is 1. The molecular weight excluding hydrogens is 415 g/mol. The Kier molecular flexibility index (Phi) is 6.74. The standard InChI is InChI=1S/C20H20Cl2N4O3/c1-24-8-10-25(11-9-24)18-6-4-15(13-17(18)22)23-20(27)7-3-14-2-5-16(21)19(12-14)26(28)29/h2-7,12-13H,8-11H2,1H3,(H,23,27)/b7-3+. The van der Waals surface area contributed by atoms with E-state index in [-0.39, 0.29) is 16.6 Å². The summed E-state index contributed by atoms with van der Waals surface area (Å²) in [6.07, 6.45) is 2.79. The van der Waals surface area contributed by atoms with E-state index >= 15 is 0 Å². The zero-order chi connectivity index (χ0) is 21.0. The van der Waals surface area contributed by atoms with E-state index in [0.29, 0.717) is 16.3 Å². The Balaban J connectivity index is 1.65. The summed E-state index contributed by atoms with van der Waals surface area (Å²) in [4.78, 5) is 27.1. The molecule has 152 valence electrons. The Morgan fingerprint density at radius 1 is 1.10 bits per heavy atom. The molecule has 1 heterocycles. The van der Waals surface area contributed by atoms with Gasteiger partial charge in [-0.25, -0.2) is 0 Å². The zero-order valence-electron chi connectivity index (χ0n) is 15.8. The van der Waals surface area contributed by atoms with Crippen LogP contribution in [0, 0.1) is 10.1 Å². The fourth-order valence-electron chi connectivity index (χ4n) is 3.02. The highest BCUT2D eigenvalue weighted by molar-refractivity contribution is 6.33. The van der Waals surface area contributed by atoms with Gasteiger partial charge in [0, 0.05) is 44.0 Å². The number of likely N-dealkylation sites (N-methyl/N-ethyl adjacent to an activating group) is 1. The molecule has 1 saturated heterocycles. The van der Waals surface area contributed by atoms with E-state index in [0.717, 1.165) is 31.9 Å². The van der Waals surface area contributed by atoms with Crippen molar-refractivity contribution >= 4 is 52.2 Å². The molecule has 0 spiro atoms. The largest absolute Gasteiger partial charge is 0.368 e. The fourth-order valence-corrected chi connectivity index (χ4v) is 3.50. The molecule has 0 aliphatic carbocycles. The van der Waals surface area contributed by atoms with E-state index in [4.69, 9.17) is 23.2 Å². The molecule has 0 bridgehead atoms. The van der Waals surface area contributed by atoms with E-state index in [9.17, 15) is 14.9 Å². The first-order valence-corrected chi connectivity index (χ1v) is 9.75. The highest BCUT2D eigenvalue weighted by Gasteiger charge is 2.17. The summed E-state index contributed by atoms with van der Waals surface area (Å²) in [7, 11) is 2.09. The zero-order valence-corrected chi connectivity index (χ0v) is 17.3. The third-order valence-corrected chi connectivity index (χ3v) is 5.28. The highest BCUT2D eigenvalue weighted by atomic mass is 35.5. The molecule has 0 atom stereocenters. The van der Waals surface area contributed by atoms with Crippen molar-refractivity contribution in [2.45, 2.75) is 0 Å². The van der Waals surface area contributed by atoms with Crippen molar-refractivity contribution in [3.05, 3.63) is 68.2 Å². The van der Waals surface area contributed by atoms with Gasteiger partial charge in [0.2, 0.25) is 5.91 Å². The number of hydrogen-bond acceptors (Lipinski definition) is 5. The van der Waals surface area contributed by atoms with Crippen LogP contribution in [-0.4, -0.2) is 49.0 Å². The van der Waals surface area contributed by atoms with Crippen LogP contribution in [0.4, 0.5) is 17.1 Å². The number of carbonyl (C=O) groups excluding carboxylic acids is 1. The molecule has 29 heavy (non-hydrogen) atoms. The Morgan fingerprint density at radius 2 is 1.83 bits per heavy atom. The summed E-state index contributed by atoms with van der Waals surface area (Å²) in [6.45, 7) is 3.75. The van der Waals surface area contributed by atoms with Gasteiger partial charge in [0.25, 0.3) is 5.69 Å². The van der Waals surface area contributed by atoms with Gasteiger partial charge in [-0.3, -0.25) is 14.9 Å². The Labute approximate surface area is 178 Å². The number of halogens is 2. The lowest BCUT2D eigenvalue weighted by atomic mass is 10.2. The van der Waals surface area contributed by atoms with Gasteiger partial charge in [0.1, 0.15) is 5.02 Å². The lowest BCUT2D eigenvalue weighted by molar-refractivity contribution is -0.384. The fraction of sp³-hybridized carbons (Fsp3) is 0.250. The van der Waals surface area contributed by atoms with Gasteiger partial charge in [-0.2, -0.15) is 0 Å². The van der Waals surface area contributed by atoms with Gasteiger partial charge in [-0.05, 0) is 43.0 Å². The molecule has 1 fully saturated rings. The number of amides is 1. The summed E-state index contributed by atoms with van der Waals surface area (Å²) < 4.78 is 0. The van der Waals surface area contributed by atoms with Crippen LogP contribution in [-0.2, 0) is 4.79 Å². The third-order valence-electron chi connectivity index (χ3n) is 4.65. The number of nitro benzene ring substituents is 1. The van der Waals surface area contributed by atoms with E-state index in [1.807, 2.05) is 6.07 Å². The molecule has 0 aromatic heterocycles. The minimum absolute atomic E-state index is 0.0479. The van der Waals surface area contributed by atoms with Crippen LogP contribution < -0.4 is 10.2 Å². The van der Waals surface area contributed by atoms with Gasteiger partial charge in [0.05, 0.1) is 15.6 Å². The molecule has 0 radical (unpaired) electrons. The first-order valence-electron chi connectivity index (χ1n) is 8.99. The summed E-state index contributed by atoms with van der Waals surface area (Å²) in [5.74, 6) is -0.369. The molecule has 1 aliphatic heterocycles. The summed E-state index contributed by atoms with van der Waals surface area (Å²) >= 11 is 12.2. The van der Waals surface area contributed by atoms with Crippen molar-refractivity contribution in [1.82, 2.24) is 4.90 Å². The second-order valence-electron chi connectivity index (χ2n) is 6.75. The Hall–Kier alpha value is -2.61. The van der Waals surface area contributed by atoms with Gasteiger partial charge in [-0.1, -0.05) is 29.3 Å². The van der Waals surface area contributed by atoms with Gasteiger partial charge in [-0.15, -0.1) is 0 Å². The normalized spacial score (nSPS) is 14.9. The molecule has 0 unspecified atom stereocenters. The monoisotopic (exact) mass is 434 g/mol. The van der Waals surface area contributed by atoms with Crippen LogP contribution in [0.25, 0.3) is 6.08 Å². The lowest BCUT2D eigenvalue weighted by Crippen LogP contribution is -2.44. The third kappa shape index (κ3) is 5.47. The quantitative estimate of drug-likeness (QED) is 0.430. The van der Waals surface area contributed by atoms with E-state index in [1.165, 1.54) is 24.3 Å². The number of hydrogen-bond donors (Lipinski definition) is 1. The van der Waals surface area contributed by atoms with Crippen LogP contribution in [0.1, 0.15) is 5.56 Å².